The molecule has 0 unspecified atom stereocenters. The summed E-state index contributed by atoms with van der Waals surface area (Å²) in [6, 6.07) is 5.75. The Kier molecular flexibility index (Phi) is 2.47. The molecule has 0 aliphatic heterocycles. The van der Waals surface area contributed by atoms with Crippen molar-refractivity contribution in [3.05, 3.63) is 45.9 Å². The summed E-state index contributed by atoms with van der Waals surface area (Å²) in [5, 5.41) is 6.84. The molecule has 2 aromatic rings. The highest BCUT2D eigenvalue weighted by atomic mass is 35.5. The van der Waals surface area contributed by atoms with Crippen LogP contribution >= 0.6 is 22.9 Å². The SMILES string of the molecule is Clc1csc(/C=N/n2cccc2)c1. The van der Waals surface area contributed by atoms with Crippen molar-refractivity contribution in [1.82, 2.24) is 4.68 Å². The molecule has 0 radical (unpaired) electrons. The van der Waals surface area contributed by atoms with Crippen molar-refractivity contribution in [2.24, 2.45) is 5.10 Å². The van der Waals surface area contributed by atoms with Crippen LogP contribution in [0.4, 0.5) is 0 Å². The molecule has 0 bridgehead atoms. The van der Waals surface area contributed by atoms with Crippen LogP contribution in [0.2, 0.25) is 5.02 Å². The zero-order valence-electron chi connectivity index (χ0n) is 6.72. The third-order valence-corrected chi connectivity index (χ3v) is 2.71. The maximum absolute atomic E-state index is 5.76. The van der Waals surface area contributed by atoms with Crippen LogP contribution in [0.25, 0.3) is 0 Å². The van der Waals surface area contributed by atoms with E-state index in [2.05, 4.69) is 5.10 Å². The van der Waals surface area contributed by atoms with E-state index in [-0.39, 0.29) is 0 Å². The molecule has 4 heteroatoms. The lowest BCUT2D eigenvalue weighted by Gasteiger charge is -1.88. The van der Waals surface area contributed by atoms with Crippen LogP contribution < -0.4 is 0 Å². The van der Waals surface area contributed by atoms with Crippen LogP contribution in [-0.4, -0.2) is 10.9 Å². The van der Waals surface area contributed by atoms with Gasteiger partial charge in [-0.25, -0.2) is 4.68 Å². The van der Waals surface area contributed by atoms with Crippen LogP contribution in [0.15, 0.2) is 41.1 Å². The van der Waals surface area contributed by atoms with E-state index < -0.39 is 0 Å². The molecule has 0 atom stereocenters. The molecule has 0 fully saturated rings. The van der Waals surface area contributed by atoms with Crippen molar-refractivity contribution >= 4 is 29.2 Å². The molecule has 0 amide bonds. The molecule has 0 spiro atoms. The van der Waals surface area contributed by atoms with Gasteiger partial charge in [0.05, 0.1) is 11.2 Å². The van der Waals surface area contributed by atoms with Gasteiger partial charge in [-0.05, 0) is 18.2 Å². The molecule has 2 rings (SSSR count). The maximum Gasteiger partial charge on any atom is 0.0651 e. The molecule has 0 aliphatic carbocycles. The summed E-state index contributed by atoms with van der Waals surface area (Å²) in [4.78, 5) is 1.05. The molecule has 66 valence electrons. The number of rotatable bonds is 2. The highest BCUT2D eigenvalue weighted by Gasteiger charge is 1.92. The summed E-state index contributed by atoms with van der Waals surface area (Å²) in [7, 11) is 0. The van der Waals surface area contributed by atoms with Crippen LogP contribution in [0.3, 0.4) is 0 Å². The zero-order valence-corrected chi connectivity index (χ0v) is 8.29. The minimum absolute atomic E-state index is 0.763. The van der Waals surface area contributed by atoms with Crippen LogP contribution in [-0.2, 0) is 0 Å². The first-order chi connectivity index (χ1) is 6.34. The first-order valence-corrected chi connectivity index (χ1v) is 5.02. The molecular weight excluding hydrogens is 204 g/mol. The molecule has 0 aliphatic rings. The van der Waals surface area contributed by atoms with Gasteiger partial charge < -0.3 is 0 Å². The van der Waals surface area contributed by atoms with Gasteiger partial charge >= 0.3 is 0 Å². The summed E-state index contributed by atoms with van der Waals surface area (Å²) in [5.74, 6) is 0. The van der Waals surface area contributed by atoms with E-state index in [9.17, 15) is 0 Å². The molecular formula is C9H7ClN2S. The Hall–Kier alpha value is -1.06. The molecule has 0 N–H and O–H groups in total. The Morgan fingerprint density at radius 3 is 2.77 bits per heavy atom. The number of halogens is 1. The number of aromatic nitrogens is 1. The Labute approximate surface area is 85.1 Å². The Bertz CT molecular complexity index is 403. The van der Waals surface area contributed by atoms with Crippen molar-refractivity contribution in [3.63, 3.8) is 0 Å². The molecule has 0 saturated carbocycles. The largest absolute Gasteiger partial charge is 0.248 e. The molecule has 13 heavy (non-hydrogen) atoms. The van der Waals surface area contributed by atoms with Gasteiger partial charge in [0.15, 0.2) is 0 Å². The van der Waals surface area contributed by atoms with Crippen LogP contribution in [0.1, 0.15) is 4.88 Å². The summed E-state index contributed by atoms with van der Waals surface area (Å²) in [6.45, 7) is 0. The quantitative estimate of drug-likeness (QED) is 0.678. The molecule has 2 heterocycles. The predicted molar refractivity (Wildman–Crippen MR) is 56.8 cm³/mol. The number of hydrogen-bond acceptors (Lipinski definition) is 2. The fraction of sp³-hybridized carbons (Fsp3) is 0. The van der Waals surface area contributed by atoms with Gasteiger partial charge in [0, 0.05) is 22.7 Å². The van der Waals surface area contributed by atoms with E-state index in [1.165, 1.54) is 0 Å². The summed E-state index contributed by atoms with van der Waals surface area (Å²) in [5.41, 5.74) is 0. The normalized spacial score (nSPS) is 11.2. The third kappa shape index (κ3) is 2.20. The van der Waals surface area contributed by atoms with E-state index in [1.54, 1.807) is 22.2 Å². The van der Waals surface area contributed by atoms with Crippen LogP contribution in [0, 0.1) is 0 Å². The third-order valence-electron chi connectivity index (χ3n) is 1.49. The lowest BCUT2D eigenvalue weighted by molar-refractivity contribution is 0.895. The molecule has 2 nitrogen and oxygen atoms in total. The van der Waals surface area contributed by atoms with Crippen molar-refractivity contribution in [1.29, 1.82) is 0 Å². The highest BCUT2D eigenvalue weighted by Crippen LogP contribution is 2.17. The molecule has 0 aromatic carbocycles. The summed E-state index contributed by atoms with van der Waals surface area (Å²) in [6.07, 6.45) is 5.55. The number of thiophene rings is 1. The number of nitrogens with zero attached hydrogens (tertiary/aromatic N) is 2. The average Bonchev–Trinajstić information content (AvgIpc) is 2.71. The second kappa shape index (κ2) is 3.77. The summed E-state index contributed by atoms with van der Waals surface area (Å²) >= 11 is 7.34. The molecule has 0 saturated heterocycles. The fourth-order valence-electron chi connectivity index (χ4n) is 0.922. The lowest BCUT2D eigenvalue weighted by Crippen LogP contribution is -1.83. The summed E-state index contributed by atoms with van der Waals surface area (Å²) < 4.78 is 1.74. The Balaban J connectivity index is 2.14. The van der Waals surface area contributed by atoms with Crippen molar-refractivity contribution < 1.29 is 0 Å². The highest BCUT2D eigenvalue weighted by molar-refractivity contribution is 7.12. The van der Waals surface area contributed by atoms with E-state index in [1.807, 2.05) is 36.0 Å². The van der Waals surface area contributed by atoms with Gasteiger partial charge in [0.1, 0.15) is 0 Å². The lowest BCUT2D eigenvalue weighted by atomic mass is 10.5. The van der Waals surface area contributed by atoms with Gasteiger partial charge in [-0.2, -0.15) is 5.10 Å². The van der Waals surface area contributed by atoms with Crippen molar-refractivity contribution in [2.75, 3.05) is 0 Å². The van der Waals surface area contributed by atoms with E-state index in [4.69, 9.17) is 11.6 Å². The average molecular weight is 211 g/mol. The van der Waals surface area contributed by atoms with Crippen LogP contribution in [0.5, 0.6) is 0 Å². The predicted octanol–water partition coefficient (Wildman–Crippen LogP) is 3.09. The minimum atomic E-state index is 0.763. The minimum Gasteiger partial charge on any atom is -0.248 e. The van der Waals surface area contributed by atoms with E-state index in [0.717, 1.165) is 9.90 Å². The van der Waals surface area contributed by atoms with Gasteiger partial charge in [-0.1, -0.05) is 11.6 Å². The van der Waals surface area contributed by atoms with Gasteiger partial charge in [-0.3, -0.25) is 0 Å². The van der Waals surface area contributed by atoms with Gasteiger partial charge in [-0.15, -0.1) is 11.3 Å². The first kappa shape index (κ1) is 8.53. The maximum atomic E-state index is 5.76. The topological polar surface area (TPSA) is 17.3 Å². The van der Waals surface area contributed by atoms with Crippen molar-refractivity contribution in [3.8, 4) is 0 Å². The standard InChI is InChI=1S/C9H7ClN2S/c10-8-5-9(13-7-8)6-11-12-3-1-2-4-12/h1-7H/b11-6+. The Morgan fingerprint density at radius 2 is 2.15 bits per heavy atom. The second-order valence-corrected chi connectivity index (χ2v) is 3.85. The van der Waals surface area contributed by atoms with E-state index in [0.29, 0.717) is 0 Å². The second-order valence-electron chi connectivity index (χ2n) is 2.47. The smallest absolute Gasteiger partial charge is 0.0651 e. The first-order valence-electron chi connectivity index (χ1n) is 3.76. The van der Waals surface area contributed by atoms with E-state index >= 15 is 0 Å². The van der Waals surface area contributed by atoms with Gasteiger partial charge in [0.25, 0.3) is 0 Å². The zero-order chi connectivity index (χ0) is 9.10. The fourth-order valence-corrected chi connectivity index (χ4v) is 1.86. The number of hydrogen-bond donors (Lipinski definition) is 0. The Morgan fingerprint density at radius 1 is 1.38 bits per heavy atom. The van der Waals surface area contributed by atoms with Crippen molar-refractivity contribution in [2.45, 2.75) is 0 Å². The molecule has 2 aromatic heterocycles. The monoisotopic (exact) mass is 210 g/mol. The van der Waals surface area contributed by atoms with Gasteiger partial charge in [0.2, 0.25) is 0 Å².